The second-order valence-electron chi connectivity index (χ2n) is 4.64. The number of aldehydes is 1. The maximum absolute atomic E-state index is 12.2. The molecule has 0 saturated heterocycles. The summed E-state index contributed by atoms with van der Waals surface area (Å²) in [4.78, 5) is 27.0. The minimum atomic E-state index is -0.144. The van der Waals surface area contributed by atoms with Crippen LogP contribution in [0.3, 0.4) is 0 Å². The first kappa shape index (κ1) is 19.3. The lowest BCUT2D eigenvalue weighted by atomic mass is 10.1. The molecule has 0 amide bonds. The molecule has 0 aliphatic carbocycles. The Balaban J connectivity index is 0.000000671. The van der Waals surface area contributed by atoms with E-state index in [1.54, 1.807) is 22.8 Å². The molecule has 0 aliphatic rings. The van der Waals surface area contributed by atoms with Crippen LogP contribution in [0.25, 0.3) is 16.7 Å². The van der Waals surface area contributed by atoms with Gasteiger partial charge in [0, 0.05) is 17.8 Å². The maximum Gasteiger partial charge on any atom is 0.256 e. The number of aromatic nitrogens is 2. The zero-order chi connectivity index (χ0) is 18.1. The molecule has 0 spiro atoms. The minimum Gasteiger partial charge on any atom is -0.298 e. The molecule has 1 aromatic carbocycles. The van der Waals surface area contributed by atoms with Gasteiger partial charge in [0.2, 0.25) is 0 Å². The zero-order valence-corrected chi connectivity index (χ0v) is 14.9. The molecule has 0 bridgehead atoms. The quantitative estimate of drug-likeness (QED) is 0.649. The van der Waals surface area contributed by atoms with E-state index in [1.807, 2.05) is 52.8 Å². The molecule has 0 N–H and O–H groups in total. The molecule has 4 heteroatoms. The van der Waals surface area contributed by atoms with E-state index in [1.165, 1.54) is 12.3 Å². The molecule has 4 nitrogen and oxygen atoms in total. The van der Waals surface area contributed by atoms with E-state index < -0.39 is 0 Å². The highest BCUT2D eigenvalue weighted by molar-refractivity contribution is 5.81. The van der Waals surface area contributed by atoms with Crippen molar-refractivity contribution in [2.24, 2.45) is 0 Å². The van der Waals surface area contributed by atoms with Crippen molar-refractivity contribution in [1.29, 1.82) is 0 Å². The number of rotatable bonds is 2. The lowest BCUT2D eigenvalue weighted by molar-refractivity contribution is 0.112. The lowest BCUT2D eigenvalue weighted by Gasteiger charge is -2.09. The second kappa shape index (κ2) is 9.40. The molecule has 0 saturated carbocycles. The highest BCUT2D eigenvalue weighted by Crippen LogP contribution is 2.16. The van der Waals surface area contributed by atoms with E-state index >= 15 is 0 Å². The predicted octanol–water partition coefficient (Wildman–Crippen LogP) is 4.56. The summed E-state index contributed by atoms with van der Waals surface area (Å²) >= 11 is 0. The largest absolute Gasteiger partial charge is 0.298 e. The molecule has 3 aromatic rings. The Morgan fingerprint density at radius 1 is 0.958 bits per heavy atom. The Bertz CT molecular complexity index is 850. The Kier molecular flexibility index (Phi) is 7.56. The summed E-state index contributed by atoms with van der Waals surface area (Å²) in [6, 6.07) is 12.6. The monoisotopic (exact) mass is 324 g/mol. The topological polar surface area (TPSA) is 52.0 Å². The summed E-state index contributed by atoms with van der Waals surface area (Å²) in [5.41, 5.74) is 2.22. The van der Waals surface area contributed by atoms with Crippen LogP contribution in [-0.2, 0) is 0 Å². The summed E-state index contributed by atoms with van der Waals surface area (Å²) in [6.45, 7) is 9.98. The fraction of sp³-hybridized carbons (Fsp3) is 0.250. The van der Waals surface area contributed by atoms with Gasteiger partial charge in [0.25, 0.3) is 5.56 Å². The van der Waals surface area contributed by atoms with Gasteiger partial charge in [-0.25, -0.2) is 4.98 Å². The van der Waals surface area contributed by atoms with Crippen LogP contribution in [0.2, 0.25) is 0 Å². The minimum absolute atomic E-state index is 0.144. The van der Waals surface area contributed by atoms with Gasteiger partial charge >= 0.3 is 0 Å². The summed E-state index contributed by atoms with van der Waals surface area (Å²) < 4.78 is 1.55. The fourth-order valence-electron chi connectivity index (χ4n) is 2.18. The fourth-order valence-corrected chi connectivity index (χ4v) is 2.18. The average molecular weight is 324 g/mol. The smallest absolute Gasteiger partial charge is 0.256 e. The average Bonchev–Trinajstić information content (AvgIpc) is 2.65. The van der Waals surface area contributed by atoms with Crippen LogP contribution >= 0.6 is 0 Å². The SMILES string of the molecule is CC.CC.Cc1ccc2ccc(=O)n(-c3ccc(C=O)cn3)c2c1. The molecule has 24 heavy (non-hydrogen) atoms. The normalized spacial score (nSPS) is 9.38. The number of pyridine rings is 2. The molecule has 3 rings (SSSR count). The van der Waals surface area contributed by atoms with E-state index in [0.29, 0.717) is 11.4 Å². The third-order valence-corrected chi connectivity index (χ3v) is 3.19. The third kappa shape index (κ3) is 4.16. The van der Waals surface area contributed by atoms with E-state index in [-0.39, 0.29) is 5.56 Å². The Morgan fingerprint density at radius 3 is 2.21 bits per heavy atom. The van der Waals surface area contributed by atoms with E-state index in [0.717, 1.165) is 22.8 Å². The molecule has 0 atom stereocenters. The molecule has 2 aromatic heterocycles. The number of nitrogens with zero attached hydrogens (tertiary/aromatic N) is 2. The lowest BCUT2D eigenvalue weighted by Crippen LogP contribution is -2.18. The van der Waals surface area contributed by atoms with E-state index in [4.69, 9.17) is 0 Å². The Labute approximate surface area is 142 Å². The van der Waals surface area contributed by atoms with Gasteiger partial charge in [0.1, 0.15) is 5.82 Å². The first-order valence-electron chi connectivity index (χ1n) is 8.23. The molecule has 0 aliphatic heterocycles. The highest BCUT2D eigenvalue weighted by Gasteiger charge is 2.06. The van der Waals surface area contributed by atoms with Crippen LogP contribution in [0.5, 0.6) is 0 Å². The van der Waals surface area contributed by atoms with Crippen molar-refractivity contribution in [2.45, 2.75) is 34.6 Å². The summed E-state index contributed by atoms with van der Waals surface area (Å²) in [5.74, 6) is 0.511. The first-order chi connectivity index (χ1) is 11.7. The molecular weight excluding hydrogens is 300 g/mol. The summed E-state index contributed by atoms with van der Waals surface area (Å²) in [6.07, 6.45) is 2.19. The second-order valence-corrected chi connectivity index (χ2v) is 4.64. The standard InChI is InChI=1S/C16H12N2O2.2C2H6/c1-11-2-4-13-5-7-16(20)18(14(13)8-11)15-6-3-12(10-19)9-17-15;2*1-2/h2-10H,1H3;2*1-2H3. The zero-order valence-electron chi connectivity index (χ0n) is 14.9. The molecule has 0 unspecified atom stereocenters. The van der Waals surface area contributed by atoms with Crippen molar-refractivity contribution >= 4 is 17.2 Å². The van der Waals surface area contributed by atoms with Gasteiger partial charge in [0.05, 0.1) is 5.52 Å². The number of benzene rings is 1. The van der Waals surface area contributed by atoms with E-state index in [2.05, 4.69) is 4.98 Å². The first-order valence-corrected chi connectivity index (χ1v) is 8.23. The van der Waals surface area contributed by atoms with Gasteiger partial charge in [-0.05, 0) is 42.1 Å². The van der Waals surface area contributed by atoms with Crippen LogP contribution < -0.4 is 5.56 Å². The Morgan fingerprint density at radius 2 is 1.62 bits per heavy atom. The van der Waals surface area contributed by atoms with Crippen molar-refractivity contribution in [3.63, 3.8) is 0 Å². The van der Waals surface area contributed by atoms with Crippen LogP contribution in [0.1, 0.15) is 43.6 Å². The van der Waals surface area contributed by atoms with Crippen molar-refractivity contribution in [3.05, 3.63) is 70.1 Å². The number of carbonyl (C=O) groups is 1. The van der Waals surface area contributed by atoms with E-state index in [9.17, 15) is 9.59 Å². The van der Waals surface area contributed by atoms with Crippen LogP contribution in [-0.4, -0.2) is 15.8 Å². The van der Waals surface area contributed by atoms with Crippen LogP contribution in [0.15, 0.2) is 53.5 Å². The molecule has 2 heterocycles. The van der Waals surface area contributed by atoms with Gasteiger partial charge in [-0.15, -0.1) is 0 Å². The number of hydrogen-bond donors (Lipinski definition) is 0. The van der Waals surface area contributed by atoms with Gasteiger partial charge < -0.3 is 0 Å². The van der Waals surface area contributed by atoms with Crippen molar-refractivity contribution in [1.82, 2.24) is 9.55 Å². The van der Waals surface area contributed by atoms with Crippen LogP contribution in [0, 0.1) is 6.92 Å². The molecule has 0 fully saturated rings. The molecular formula is C20H24N2O2. The highest BCUT2D eigenvalue weighted by atomic mass is 16.1. The van der Waals surface area contributed by atoms with Gasteiger partial charge in [-0.3, -0.25) is 14.2 Å². The predicted molar refractivity (Wildman–Crippen MR) is 100 cm³/mol. The van der Waals surface area contributed by atoms with Gasteiger partial charge in [0.15, 0.2) is 6.29 Å². The number of carbonyl (C=O) groups excluding carboxylic acids is 1. The number of aryl methyl sites for hydroxylation is 1. The van der Waals surface area contributed by atoms with Crippen molar-refractivity contribution in [3.8, 4) is 5.82 Å². The van der Waals surface area contributed by atoms with Crippen LogP contribution in [0.4, 0.5) is 0 Å². The van der Waals surface area contributed by atoms with Gasteiger partial charge in [-0.1, -0.05) is 39.8 Å². The number of hydrogen-bond acceptors (Lipinski definition) is 3. The molecule has 126 valence electrons. The van der Waals surface area contributed by atoms with Crippen molar-refractivity contribution < 1.29 is 4.79 Å². The summed E-state index contributed by atoms with van der Waals surface area (Å²) in [7, 11) is 0. The summed E-state index contributed by atoms with van der Waals surface area (Å²) in [5, 5.41) is 0.969. The maximum atomic E-state index is 12.2. The third-order valence-electron chi connectivity index (χ3n) is 3.19. The number of fused-ring (bicyclic) bond motifs is 1. The van der Waals surface area contributed by atoms with Crippen molar-refractivity contribution in [2.75, 3.05) is 0 Å². The van der Waals surface area contributed by atoms with Gasteiger partial charge in [-0.2, -0.15) is 0 Å². The Hall–Kier alpha value is -2.75. The molecule has 0 radical (unpaired) electrons.